The molecule has 150 valence electrons. The number of rotatable bonds is 5. The van der Waals surface area contributed by atoms with Gasteiger partial charge in [-0.05, 0) is 48.8 Å². The van der Waals surface area contributed by atoms with Crippen LogP contribution in [0.1, 0.15) is 22.6 Å². The molecule has 7 nitrogen and oxygen atoms in total. The fraction of sp³-hybridized carbons (Fsp3) is 0.286. The largest absolute Gasteiger partial charge is 0.481 e. The highest BCUT2D eigenvalue weighted by Crippen LogP contribution is 2.26. The predicted octanol–water partition coefficient (Wildman–Crippen LogP) is 3.44. The average molecular weight is 410 g/mol. The first-order valence-corrected chi connectivity index (χ1v) is 9.86. The molecule has 0 aliphatic carbocycles. The van der Waals surface area contributed by atoms with Crippen LogP contribution >= 0.6 is 12.2 Å². The van der Waals surface area contributed by atoms with Crippen LogP contribution in [0.15, 0.2) is 46.9 Å². The van der Waals surface area contributed by atoms with Gasteiger partial charge in [-0.1, -0.05) is 24.3 Å². The lowest BCUT2D eigenvalue weighted by Crippen LogP contribution is -2.32. The molecule has 0 amide bonds. The molecule has 0 saturated carbocycles. The van der Waals surface area contributed by atoms with Crippen LogP contribution in [0.25, 0.3) is 0 Å². The van der Waals surface area contributed by atoms with Gasteiger partial charge in [-0.3, -0.25) is 0 Å². The molecule has 0 fully saturated rings. The van der Waals surface area contributed by atoms with Crippen molar-refractivity contribution in [3.63, 3.8) is 0 Å². The van der Waals surface area contributed by atoms with Crippen molar-refractivity contribution in [2.24, 2.45) is 0 Å². The first-order chi connectivity index (χ1) is 14.1. The zero-order valence-electron chi connectivity index (χ0n) is 16.4. The third-order valence-electron chi connectivity index (χ3n) is 4.80. The Balaban J connectivity index is 1.46. The summed E-state index contributed by atoms with van der Waals surface area (Å²) in [6.45, 7) is 4.08. The summed E-state index contributed by atoms with van der Waals surface area (Å²) in [5, 5.41) is 6.56. The number of anilines is 2. The molecule has 8 heteroatoms. The Labute approximate surface area is 175 Å². The molecule has 0 radical (unpaired) electrons. The van der Waals surface area contributed by atoms with Crippen LogP contribution in [0.4, 0.5) is 11.8 Å². The van der Waals surface area contributed by atoms with E-state index in [1.165, 1.54) is 11.1 Å². The van der Waals surface area contributed by atoms with Crippen LogP contribution in [0, 0.1) is 6.92 Å². The normalized spacial score (nSPS) is 13.0. The third kappa shape index (κ3) is 4.65. The molecule has 0 saturated heterocycles. The Morgan fingerprint density at radius 1 is 1.21 bits per heavy atom. The van der Waals surface area contributed by atoms with Crippen molar-refractivity contribution in [3.05, 3.63) is 65.1 Å². The minimum absolute atomic E-state index is 0.395. The molecule has 2 N–H and O–H groups in total. The van der Waals surface area contributed by atoms with E-state index >= 15 is 0 Å². The highest BCUT2D eigenvalue weighted by Gasteiger charge is 2.19. The molecule has 1 aliphatic heterocycles. The van der Waals surface area contributed by atoms with Gasteiger partial charge < -0.3 is 24.7 Å². The monoisotopic (exact) mass is 409 g/mol. The van der Waals surface area contributed by atoms with Gasteiger partial charge in [0.1, 0.15) is 17.3 Å². The number of benzene rings is 1. The molecule has 3 aromatic rings. The van der Waals surface area contributed by atoms with E-state index in [-0.39, 0.29) is 0 Å². The van der Waals surface area contributed by atoms with Gasteiger partial charge in [0.15, 0.2) is 5.11 Å². The number of nitrogens with one attached hydrogen (secondary N) is 2. The van der Waals surface area contributed by atoms with Gasteiger partial charge in [-0.2, -0.15) is 9.97 Å². The maximum atomic E-state index is 5.54. The van der Waals surface area contributed by atoms with Crippen molar-refractivity contribution >= 4 is 29.1 Å². The molecule has 0 atom stereocenters. The minimum Gasteiger partial charge on any atom is -0.481 e. The number of aromatic nitrogens is 2. The van der Waals surface area contributed by atoms with Crippen molar-refractivity contribution in [2.75, 3.05) is 23.9 Å². The quantitative estimate of drug-likeness (QED) is 0.621. The van der Waals surface area contributed by atoms with Crippen molar-refractivity contribution in [2.45, 2.75) is 26.4 Å². The molecule has 1 aromatic carbocycles. The number of furan rings is 1. The average Bonchev–Trinajstić information content (AvgIpc) is 3.16. The SMILES string of the molecule is COc1cc(N2CCc3ccccc3C2)nc(NC(=S)NCc2ccc(C)o2)n1. The Morgan fingerprint density at radius 3 is 2.79 bits per heavy atom. The van der Waals surface area contributed by atoms with Crippen molar-refractivity contribution < 1.29 is 9.15 Å². The van der Waals surface area contributed by atoms with Gasteiger partial charge in [0.2, 0.25) is 11.8 Å². The van der Waals surface area contributed by atoms with Gasteiger partial charge in [0.25, 0.3) is 0 Å². The summed E-state index contributed by atoms with van der Waals surface area (Å²) < 4.78 is 10.9. The summed E-state index contributed by atoms with van der Waals surface area (Å²) in [7, 11) is 1.59. The fourth-order valence-corrected chi connectivity index (χ4v) is 3.48. The lowest BCUT2D eigenvalue weighted by molar-refractivity contribution is 0.397. The second-order valence-electron chi connectivity index (χ2n) is 6.85. The van der Waals surface area contributed by atoms with Crippen LogP contribution in [0.5, 0.6) is 5.88 Å². The van der Waals surface area contributed by atoms with Crippen LogP contribution in [-0.4, -0.2) is 28.7 Å². The van der Waals surface area contributed by atoms with Crippen LogP contribution in [0.2, 0.25) is 0 Å². The van der Waals surface area contributed by atoms with Gasteiger partial charge >= 0.3 is 0 Å². The Morgan fingerprint density at radius 2 is 2.03 bits per heavy atom. The van der Waals surface area contributed by atoms with Crippen LogP contribution in [-0.2, 0) is 19.5 Å². The van der Waals surface area contributed by atoms with E-state index in [1.807, 2.05) is 25.1 Å². The molecule has 29 heavy (non-hydrogen) atoms. The van der Waals surface area contributed by atoms with Crippen LogP contribution in [0.3, 0.4) is 0 Å². The predicted molar refractivity (Wildman–Crippen MR) is 116 cm³/mol. The highest BCUT2D eigenvalue weighted by atomic mass is 32.1. The lowest BCUT2D eigenvalue weighted by Gasteiger charge is -2.30. The number of ether oxygens (including phenoxy) is 1. The number of thiocarbonyl (C=S) groups is 1. The van der Waals surface area contributed by atoms with E-state index in [2.05, 4.69) is 49.8 Å². The highest BCUT2D eigenvalue weighted by molar-refractivity contribution is 7.80. The second kappa shape index (κ2) is 8.48. The van der Waals surface area contributed by atoms with E-state index in [9.17, 15) is 0 Å². The summed E-state index contributed by atoms with van der Waals surface area (Å²) in [6, 6.07) is 14.2. The molecule has 3 heterocycles. The number of aryl methyl sites for hydroxylation is 1. The lowest BCUT2D eigenvalue weighted by atomic mass is 10.00. The van der Waals surface area contributed by atoms with Gasteiger partial charge in [0, 0.05) is 19.2 Å². The Bertz CT molecular complexity index is 1020. The van der Waals surface area contributed by atoms with E-state index in [1.54, 1.807) is 7.11 Å². The summed E-state index contributed by atoms with van der Waals surface area (Å²) >= 11 is 5.37. The zero-order chi connectivity index (χ0) is 20.2. The smallest absolute Gasteiger partial charge is 0.234 e. The first-order valence-electron chi connectivity index (χ1n) is 9.45. The van der Waals surface area contributed by atoms with Gasteiger partial charge in [-0.15, -0.1) is 0 Å². The maximum absolute atomic E-state index is 5.54. The molecular formula is C21H23N5O2S. The Hall–Kier alpha value is -3.13. The molecule has 4 rings (SSSR count). The molecule has 0 spiro atoms. The van der Waals surface area contributed by atoms with Crippen molar-refractivity contribution in [3.8, 4) is 5.88 Å². The third-order valence-corrected chi connectivity index (χ3v) is 5.04. The van der Waals surface area contributed by atoms with E-state index in [4.69, 9.17) is 21.4 Å². The maximum Gasteiger partial charge on any atom is 0.234 e. The first kappa shape index (κ1) is 19.2. The van der Waals surface area contributed by atoms with Gasteiger partial charge in [-0.25, -0.2) is 0 Å². The summed E-state index contributed by atoms with van der Waals surface area (Å²) in [6.07, 6.45) is 0.980. The van der Waals surface area contributed by atoms with Crippen LogP contribution < -0.4 is 20.3 Å². The molecule has 0 bridgehead atoms. The van der Waals surface area contributed by atoms with E-state index in [0.29, 0.717) is 23.5 Å². The molecule has 1 aliphatic rings. The second-order valence-corrected chi connectivity index (χ2v) is 7.26. The number of hydrogen-bond acceptors (Lipinski definition) is 6. The zero-order valence-corrected chi connectivity index (χ0v) is 17.3. The fourth-order valence-electron chi connectivity index (χ4n) is 3.32. The number of fused-ring (bicyclic) bond motifs is 1. The van der Waals surface area contributed by atoms with Gasteiger partial charge in [0.05, 0.1) is 13.7 Å². The van der Waals surface area contributed by atoms with Crippen molar-refractivity contribution in [1.82, 2.24) is 15.3 Å². The summed E-state index contributed by atoms with van der Waals surface area (Å²) in [5.41, 5.74) is 2.71. The van der Waals surface area contributed by atoms with Crippen molar-refractivity contribution in [1.29, 1.82) is 0 Å². The number of hydrogen-bond donors (Lipinski definition) is 2. The molecule has 2 aromatic heterocycles. The number of nitrogens with zero attached hydrogens (tertiary/aromatic N) is 3. The van der Waals surface area contributed by atoms with E-state index < -0.39 is 0 Å². The standard InChI is InChI=1S/C21H23N5O2S/c1-14-7-8-17(28-14)12-22-21(29)25-20-23-18(11-19(24-20)27-2)26-10-9-15-5-3-4-6-16(15)13-26/h3-8,11H,9-10,12-13H2,1-2H3,(H2,22,23,24,25,29). The minimum atomic E-state index is 0.395. The molecule has 0 unspecified atom stereocenters. The Kier molecular flexibility index (Phi) is 5.62. The summed E-state index contributed by atoms with van der Waals surface area (Å²) in [5.74, 6) is 3.36. The van der Waals surface area contributed by atoms with E-state index in [0.717, 1.165) is 36.8 Å². The topological polar surface area (TPSA) is 75.5 Å². The number of methoxy groups -OCH3 is 1. The molecular weight excluding hydrogens is 386 g/mol. The summed E-state index contributed by atoms with van der Waals surface area (Å²) in [4.78, 5) is 11.2.